The third kappa shape index (κ3) is 2.46. The maximum atomic E-state index is 12.9. The molecule has 6 heteroatoms. The fourth-order valence-electron chi connectivity index (χ4n) is 3.21. The first kappa shape index (κ1) is 13.9. The van der Waals surface area contributed by atoms with Crippen molar-refractivity contribution < 1.29 is 4.79 Å². The molecule has 1 aromatic carbocycles. The molecule has 0 saturated carbocycles. The first-order valence-corrected chi connectivity index (χ1v) is 7.76. The molecule has 0 bridgehead atoms. The molecule has 3 aromatic rings. The molecule has 1 saturated heterocycles. The van der Waals surface area contributed by atoms with E-state index < -0.39 is 0 Å². The van der Waals surface area contributed by atoms with E-state index in [9.17, 15) is 4.79 Å². The van der Waals surface area contributed by atoms with Gasteiger partial charge in [-0.15, -0.1) is 0 Å². The number of nitrogens with one attached hydrogen (secondary N) is 1. The Morgan fingerprint density at radius 3 is 3.09 bits per heavy atom. The lowest BCUT2D eigenvalue weighted by Crippen LogP contribution is -2.31. The number of aryl methyl sites for hydroxylation is 1. The third-order valence-corrected chi connectivity index (χ3v) is 4.32. The molecule has 3 heterocycles. The van der Waals surface area contributed by atoms with Crippen LogP contribution >= 0.6 is 0 Å². The predicted molar refractivity (Wildman–Crippen MR) is 85.9 cm³/mol. The number of carbonyl (C=O) groups excluding carboxylic acids is 1. The van der Waals surface area contributed by atoms with Crippen LogP contribution in [-0.2, 0) is 0 Å². The van der Waals surface area contributed by atoms with Gasteiger partial charge in [0, 0.05) is 18.3 Å². The molecule has 23 heavy (non-hydrogen) atoms. The highest BCUT2D eigenvalue weighted by Gasteiger charge is 2.31. The molecule has 6 nitrogen and oxygen atoms in total. The van der Waals surface area contributed by atoms with E-state index in [0.29, 0.717) is 5.56 Å². The summed E-state index contributed by atoms with van der Waals surface area (Å²) in [6.07, 6.45) is 5.33. The molecular formula is C17H17N5O. The molecule has 4 rings (SSSR count). The maximum absolute atomic E-state index is 12.9. The van der Waals surface area contributed by atoms with Gasteiger partial charge in [0.15, 0.2) is 0 Å². The number of H-pyrrole nitrogens is 1. The van der Waals surface area contributed by atoms with Gasteiger partial charge >= 0.3 is 0 Å². The normalized spacial score (nSPS) is 17.8. The Hall–Kier alpha value is -2.76. The minimum Gasteiger partial charge on any atom is -0.345 e. The molecule has 1 atom stereocenters. The van der Waals surface area contributed by atoms with Crippen molar-refractivity contribution in [3.8, 4) is 0 Å². The van der Waals surface area contributed by atoms with Crippen LogP contribution in [-0.4, -0.2) is 37.3 Å². The van der Waals surface area contributed by atoms with Gasteiger partial charge in [0.25, 0.3) is 5.91 Å². The zero-order valence-corrected chi connectivity index (χ0v) is 12.9. The van der Waals surface area contributed by atoms with Crippen LogP contribution < -0.4 is 0 Å². The summed E-state index contributed by atoms with van der Waals surface area (Å²) in [7, 11) is 0. The topological polar surface area (TPSA) is 74.8 Å². The van der Waals surface area contributed by atoms with E-state index in [1.165, 1.54) is 0 Å². The van der Waals surface area contributed by atoms with Gasteiger partial charge < -0.3 is 9.88 Å². The second-order valence-corrected chi connectivity index (χ2v) is 5.82. The van der Waals surface area contributed by atoms with Gasteiger partial charge in [0.1, 0.15) is 5.82 Å². The van der Waals surface area contributed by atoms with Crippen molar-refractivity contribution in [2.24, 2.45) is 0 Å². The molecule has 2 aromatic heterocycles. The number of amides is 1. The van der Waals surface area contributed by atoms with Crippen LogP contribution in [0.3, 0.4) is 0 Å². The minimum atomic E-state index is 0.0293. The number of nitrogens with zero attached hydrogens (tertiary/aromatic N) is 4. The first-order chi connectivity index (χ1) is 11.2. The predicted octanol–water partition coefficient (Wildman–Crippen LogP) is 2.64. The number of benzene rings is 1. The summed E-state index contributed by atoms with van der Waals surface area (Å²) in [6.45, 7) is 2.63. The number of likely N-dealkylation sites (tertiary alicyclic amines) is 1. The van der Waals surface area contributed by atoms with E-state index >= 15 is 0 Å². The average Bonchev–Trinajstić information content (AvgIpc) is 3.22. The van der Waals surface area contributed by atoms with Crippen molar-refractivity contribution >= 4 is 16.9 Å². The summed E-state index contributed by atoms with van der Waals surface area (Å²) in [5.41, 5.74) is 3.35. The van der Waals surface area contributed by atoms with Gasteiger partial charge in [-0.1, -0.05) is 0 Å². The van der Waals surface area contributed by atoms with E-state index in [1.54, 1.807) is 12.5 Å². The van der Waals surface area contributed by atoms with Gasteiger partial charge in [-0.2, -0.15) is 0 Å². The largest absolute Gasteiger partial charge is 0.345 e. The fraction of sp³-hybridized carbons (Fsp3) is 0.294. The Bertz CT molecular complexity index is 872. The van der Waals surface area contributed by atoms with Crippen LogP contribution in [0.1, 0.15) is 40.8 Å². The standard InChI is InChI=1S/C17H17N5O/c1-11-18-7-6-14(21-11)16-3-2-8-22(16)17(23)12-4-5-13-15(9-12)20-10-19-13/h4-7,9-10,16H,2-3,8H2,1H3,(H,19,20)/t16-/m1/s1. The average molecular weight is 307 g/mol. The molecule has 1 aliphatic rings. The van der Waals surface area contributed by atoms with Crippen LogP contribution in [0.25, 0.3) is 11.0 Å². The lowest BCUT2D eigenvalue weighted by molar-refractivity contribution is 0.0733. The van der Waals surface area contributed by atoms with Gasteiger partial charge in [-0.05, 0) is 44.0 Å². The molecule has 0 unspecified atom stereocenters. The van der Waals surface area contributed by atoms with Crippen molar-refractivity contribution in [3.63, 3.8) is 0 Å². The second kappa shape index (κ2) is 5.46. The number of aromatic amines is 1. The molecule has 1 N–H and O–H groups in total. The zero-order chi connectivity index (χ0) is 15.8. The Morgan fingerprint density at radius 2 is 2.22 bits per heavy atom. The Balaban J connectivity index is 1.66. The summed E-state index contributed by atoms with van der Waals surface area (Å²) in [6, 6.07) is 7.51. The van der Waals surface area contributed by atoms with E-state index in [2.05, 4.69) is 19.9 Å². The summed E-state index contributed by atoms with van der Waals surface area (Å²) in [4.78, 5) is 30.7. The Labute approximate surface area is 133 Å². The smallest absolute Gasteiger partial charge is 0.254 e. The van der Waals surface area contributed by atoms with Crippen molar-refractivity contribution in [2.45, 2.75) is 25.8 Å². The van der Waals surface area contributed by atoms with Crippen molar-refractivity contribution in [2.75, 3.05) is 6.54 Å². The highest BCUT2D eigenvalue weighted by Crippen LogP contribution is 2.32. The molecule has 116 valence electrons. The minimum absolute atomic E-state index is 0.0293. The lowest BCUT2D eigenvalue weighted by Gasteiger charge is -2.24. The van der Waals surface area contributed by atoms with E-state index in [1.807, 2.05) is 36.1 Å². The Kier molecular flexibility index (Phi) is 3.29. The number of imidazole rings is 1. The van der Waals surface area contributed by atoms with Crippen molar-refractivity contribution in [1.82, 2.24) is 24.8 Å². The summed E-state index contributed by atoms with van der Waals surface area (Å²) < 4.78 is 0. The summed E-state index contributed by atoms with van der Waals surface area (Å²) >= 11 is 0. The molecule has 0 spiro atoms. The molecule has 1 aliphatic heterocycles. The maximum Gasteiger partial charge on any atom is 0.254 e. The van der Waals surface area contributed by atoms with Crippen molar-refractivity contribution in [1.29, 1.82) is 0 Å². The van der Waals surface area contributed by atoms with E-state index in [0.717, 1.165) is 41.9 Å². The molecule has 1 amide bonds. The second-order valence-electron chi connectivity index (χ2n) is 5.82. The van der Waals surface area contributed by atoms with Crippen LogP contribution in [0.2, 0.25) is 0 Å². The Morgan fingerprint density at radius 1 is 1.30 bits per heavy atom. The van der Waals surface area contributed by atoms with Crippen LogP contribution in [0.15, 0.2) is 36.8 Å². The molecule has 0 aliphatic carbocycles. The summed E-state index contributed by atoms with van der Waals surface area (Å²) in [5.74, 6) is 0.779. The fourth-order valence-corrected chi connectivity index (χ4v) is 3.21. The van der Waals surface area contributed by atoms with Crippen molar-refractivity contribution in [3.05, 3.63) is 53.9 Å². The van der Waals surface area contributed by atoms with Gasteiger partial charge in [0.05, 0.1) is 29.1 Å². The number of rotatable bonds is 2. The number of fused-ring (bicyclic) bond motifs is 1. The quantitative estimate of drug-likeness (QED) is 0.789. The first-order valence-electron chi connectivity index (χ1n) is 7.76. The van der Waals surface area contributed by atoms with Crippen LogP contribution in [0.5, 0.6) is 0 Å². The SMILES string of the molecule is Cc1nccc([C@H]2CCCN2C(=O)c2ccc3nc[nH]c3c2)n1. The molecule has 0 radical (unpaired) electrons. The summed E-state index contributed by atoms with van der Waals surface area (Å²) in [5, 5.41) is 0. The number of carbonyl (C=O) groups is 1. The van der Waals surface area contributed by atoms with Crippen LogP contribution in [0.4, 0.5) is 0 Å². The highest BCUT2D eigenvalue weighted by atomic mass is 16.2. The van der Waals surface area contributed by atoms with Gasteiger partial charge in [-0.25, -0.2) is 15.0 Å². The third-order valence-electron chi connectivity index (χ3n) is 4.32. The number of aromatic nitrogens is 4. The van der Waals surface area contributed by atoms with Crippen LogP contribution in [0, 0.1) is 6.92 Å². The highest BCUT2D eigenvalue weighted by molar-refractivity contribution is 5.97. The van der Waals surface area contributed by atoms with E-state index in [4.69, 9.17) is 0 Å². The monoisotopic (exact) mass is 307 g/mol. The molecule has 1 fully saturated rings. The van der Waals surface area contributed by atoms with Gasteiger partial charge in [0.2, 0.25) is 0 Å². The number of hydrogen-bond donors (Lipinski definition) is 1. The van der Waals surface area contributed by atoms with E-state index in [-0.39, 0.29) is 11.9 Å². The van der Waals surface area contributed by atoms with Gasteiger partial charge in [-0.3, -0.25) is 4.79 Å². The number of hydrogen-bond acceptors (Lipinski definition) is 4. The molecular weight excluding hydrogens is 290 g/mol. The lowest BCUT2D eigenvalue weighted by atomic mass is 10.1. The zero-order valence-electron chi connectivity index (χ0n) is 12.9.